The molecule has 38 heavy (non-hydrogen) atoms. The summed E-state index contributed by atoms with van der Waals surface area (Å²) in [6.45, 7) is 2.25. The molecule has 0 bridgehead atoms. The molecule has 1 aliphatic heterocycles. The number of allylic oxidation sites excluding steroid dienone is 1. The first-order valence-corrected chi connectivity index (χ1v) is 14.7. The van der Waals surface area contributed by atoms with Crippen LogP contribution in [0.2, 0.25) is 0 Å². The topological polar surface area (TPSA) is 69.9 Å². The van der Waals surface area contributed by atoms with Crippen molar-refractivity contribution in [3.8, 4) is 5.75 Å². The summed E-state index contributed by atoms with van der Waals surface area (Å²) in [7, 11) is 1.34. The fourth-order valence-electron chi connectivity index (χ4n) is 4.33. The Balaban J connectivity index is 1.56. The van der Waals surface area contributed by atoms with Crippen molar-refractivity contribution < 1.29 is 14.3 Å². The summed E-state index contributed by atoms with van der Waals surface area (Å²) in [6, 6.07) is 22.9. The van der Waals surface area contributed by atoms with Gasteiger partial charge in [0.15, 0.2) is 4.80 Å². The Morgan fingerprint density at radius 3 is 2.32 bits per heavy atom. The third kappa shape index (κ3) is 5.36. The van der Waals surface area contributed by atoms with Gasteiger partial charge in [-0.3, -0.25) is 9.36 Å². The molecule has 3 aromatic carbocycles. The highest BCUT2D eigenvalue weighted by atomic mass is 127. The number of aromatic nitrogens is 1. The lowest BCUT2D eigenvalue weighted by atomic mass is 9.96. The van der Waals surface area contributed by atoms with Crippen LogP contribution in [0.15, 0.2) is 93.9 Å². The van der Waals surface area contributed by atoms with Crippen molar-refractivity contribution in [2.75, 3.05) is 7.11 Å². The molecule has 4 aromatic rings. The summed E-state index contributed by atoms with van der Waals surface area (Å²) in [5.74, 6) is 0.320. The van der Waals surface area contributed by atoms with Crippen molar-refractivity contribution in [3.63, 3.8) is 0 Å². The van der Waals surface area contributed by atoms with E-state index in [4.69, 9.17) is 9.47 Å². The highest BCUT2D eigenvalue weighted by Gasteiger charge is 2.32. The van der Waals surface area contributed by atoms with Gasteiger partial charge in [0.1, 0.15) is 12.4 Å². The zero-order valence-corrected chi connectivity index (χ0v) is 25.6. The van der Waals surface area contributed by atoms with Crippen molar-refractivity contribution in [3.05, 3.63) is 128 Å². The normalized spacial score (nSPS) is 15.2. The van der Waals surface area contributed by atoms with Crippen LogP contribution in [0.5, 0.6) is 5.75 Å². The van der Waals surface area contributed by atoms with E-state index in [1.165, 1.54) is 18.4 Å². The summed E-state index contributed by atoms with van der Waals surface area (Å²) in [5.41, 5.74) is 3.50. The molecule has 1 atom stereocenters. The average Bonchev–Trinajstić information content (AvgIpc) is 3.22. The van der Waals surface area contributed by atoms with E-state index in [1.54, 1.807) is 11.5 Å². The van der Waals surface area contributed by atoms with Crippen LogP contribution >= 0.6 is 56.5 Å². The number of hydrogen-bond acceptors (Lipinski definition) is 6. The highest BCUT2D eigenvalue weighted by molar-refractivity contribution is 14.1. The number of halogens is 2. The Bertz CT molecular complexity index is 1700. The molecule has 0 amide bonds. The van der Waals surface area contributed by atoms with E-state index < -0.39 is 12.0 Å². The number of hydrogen-bond donors (Lipinski definition) is 0. The maximum Gasteiger partial charge on any atom is 0.338 e. The van der Waals surface area contributed by atoms with Crippen LogP contribution in [0.4, 0.5) is 0 Å². The quantitative estimate of drug-likeness (QED) is 0.201. The molecular weight excluding hydrogens is 726 g/mol. The van der Waals surface area contributed by atoms with Crippen LogP contribution in [0.1, 0.15) is 29.7 Å². The lowest BCUT2D eigenvalue weighted by Gasteiger charge is -2.24. The number of carbonyl (C=O) groups is 1. The van der Waals surface area contributed by atoms with E-state index >= 15 is 0 Å². The maximum atomic E-state index is 13.7. The predicted octanol–water partition coefficient (Wildman–Crippen LogP) is 5.20. The smallest absolute Gasteiger partial charge is 0.338 e. The van der Waals surface area contributed by atoms with Crippen LogP contribution in [0, 0.1) is 7.14 Å². The predicted molar refractivity (Wildman–Crippen MR) is 165 cm³/mol. The lowest BCUT2D eigenvalue weighted by molar-refractivity contribution is -0.136. The van der Waals surface area contributed by atoms with Crippen LogP contribution in [0.3, 0.4) is 0 Å². The van der Waals surface area contributed by atoms with Gasteiger partial charge in [-0.2, -0.15) is 0 Å². The molecule has 0 aliphatic carbocycles. The average molecular weight is 748 g/mol. The third-order valence-electron chi connectivity index (χ3n) is 6.09. The molecule has 9 heteroatoms. The van der Waals surface area contributed by atoms with Gasteiger partial charge in [0.05, 0.1) is 36.1 Å². The zero-order valence-electron chi connectivity index (χ0n) is 20.5. The first kappa shape index (κ1) is 26.8. The molecule has 0 saturated carbocycles. The summed E-state index contributed by atoms with van der Waals surface area (Å²) < 4.78 is 15.2. The zero-order chi connectivity index (χ0) is 26.8. The van der Waals surface area contributed by atoms with Gasteiger partial charge in [0, 0.05) is 0 Å². The fraction of sp³-hybridized carbons (Fsp3) is 0.138. The van der Waals surface area contributed by atoms with E-state index in [0.29, 0.717) is 27.2 Å². The number of nitrogens with zero attached hydrogens (tertiary/aromatic N) is 2. The molecule has 1 aromatic heterocycles. The minimum absolute atomic E-state index is 0.203. The number of fused-ring (bicyclic) bond motifs is 1. The monoisotopic (exact) mass is 748 g/mol. The van der Waals surface area contributed by atoms with Crippen molar-refractivity contribution in [1.82, 2.24) is 4.57 Å². The van der Waals surface area contributed by atoms with E-state index in [0.717, 1.165) is 29.6 Å². The Morgan fingerprint density at radius 1 is 1.05 bits per heavy atom. The standard InChI is InChI=1S/C29H22I2N2O4S/c1-17-24(28(35)36-2)25(20-11-7-4-8-12-20)33-27(34)23(38-29(33)32-17)15-19-13-21(30)26(22(31)14-19)37-16-18-9-5-3-6-10-18/h3-15,25H,16H2,1-2H3/b23-15-/t25-/m1/s1. The molecule has 192 valence electrons. The van der Waals surface area contributed by atoms with Gasteiger partial charge in [-0.15, -0.1) is 0 Å². The summed E-state index contributed by atoms with van der Waals surface area (Å²) >= 11 is 5.84. The fourth-order valence-corrected chi connectivity index (χ4v) is 7.50. The van der Waals surface area contributed by atoms with Crippen molar-refractivity contribution in [2.45, 2.75) is 19.6 Å². The Morgan fingerprint density at radius 2 is 1.68 bits per heavy atom. The molecule has 0 spiro atoms. The summed E-state index contributed by atoms with van der Waals surface area (Å²) in [4.78, 5) is 31.7. The lowest BCUT2D eigenvalue weighted by Crippen LogP contribution is -2.39. The van der Waals surface area contributed by atoms with Gasteiger partial charge >= 0.3 is 5.97 Å². The molecule has 1 aliphatic rings. The van der Waals surface area contributed by atoms with Crippen LogP contribution < -0.4 is 19.6 Å². The minimum atomic E-state index is -0.615. The molecule has 5 rings (SSSR count). The van der Waals surface area contributed by atoms with Gasteiger partial charge in [-0.05, 0) is 87.0 Å². The van der Waals surface area contributed by atoms with Gasteiger partial charge in [-0.1, -0.05) is 72.0 Å². The van der Waals surface area contributed by atoms with Crippen LogP contribution in [-0.4, -0.2) is 17.6 Å². The Hall–Kier alpha value is -2.77. The largest absolute Gasteiger partial charge is 0.487 e. The molecule has 0 saturated heterocycles. The number of carbonyl (C=O) groups excluding carboxylic acids is 1. The summed E-state index contributed by atoms with van der Waals surface area (Å²) in [5, 5.41) is 0. The second-order valence-corrected chi connectivity index (χ2v) is 11.9. The molecule has 0 fully saturated rings. The number of benzene rings is 3. The first-order valence-electron chi connectivity index (χ1n) is 11.7. The maximum absolute atomic E-state index is 13.7. The third-order valence-corrected chi connectivity index (χ3v) is 8.67. The second kappa shape index (κ2) is 11.5. The SMILES string of the molecule is COC(=O)C1=C(C)N=c2s/c(=C\c3cc(I)c(OCc4ccccc4)c(I)c3)c(=O)n2[C@@H]1c1ccccc1. The van der Waals surface area contributed by atoms with E-state index in [1.807, 2.05) is 78.9 Å². The molecular formula is C29H22I2N2O4S. The number of thiazole rings is 1. The van der Waals surface area contributed by atoms with Crippen molar-refractivity contribution >= 4 is 68.6 Å². The molecule has 0 N–H and O–H groups in total. The first-order chi connectivity index (χ1) is 18.4. The highest BCUT2D eigenvalue weighted by Crippen LogP contribution is 2.31. The molecule has 6 nitrogen and oxygen atoms in total. The van der Waals surface area contributed by atoms with Gasteiger partial charge < -0.3 is 9.47 Å². The number of ether oxygens (including phenoxy) is 2. The van der Waals surface area contributed by atoms with Gasteiger partial charge in [0.2, 0.25) is 0 Å². The van der Waals surface area contributed by atoms with Crippen molar-refractivity contribution in [2.24, 2.45) is 4.99 Å². The van der Waals surface area contributed by atoms with E-state index in [9.17, 15) is 9.59 Å². The van der Waals surface area contributed by atoms with Gasteiger partial charge in [-0.25, -0.2) is 9.79 Å². The van der Waals surface area contributed by atoms with Crippen LogP contribution in [-0.2, 0) is 16.1 Å². The number of methoxy groups -OCH3 is 1. The Labute approximate surface area is 250 Å². The van der Waals surface area contributed by atoms with E-state index in [2.05, 4.69) is 50.2 Å². The second-order valence-electron chi connectivity index (χ2n) is 8.57. The molecule has 2 heterocycles. The van der Waals surface area contributed by atoms with Crippen LogP contribution in [0.25, 0.3) is 6.08 Å². The van der Waals surface area contributed by atoms with Gasteiger partial charge in [0.25, 0.3) is 5.56 Å². The van der Waals surface area contributed by atoms with Crippen molar-refractivity contribution in [1.29, 1.82) is 0 Å². The Kier molecular flexibility index (Phi) is 8.15. The number of esters is 1. The van der Waals surface area contributed by atoms with E-state index in [-0.39, 0.29) is 5.56 Å². The number of rotatable bonds is 6. The molecule has 0 unspecified atom stereocenters. The minimum Gasteiger partial charge on any atom is -0.487 e. The summed E-state index contributed by atoms with van der Waals surface area (Å²) in [6.07, 6.45) is 1.87. The molecule has 0 radical (unpaired) electrons.